The Morgan fingerprint density at radius 2 is 2.05 bits per heavy atom. The average Bonchev–Trinajstić information content (AvgIpc) is 2.45. The minimum Gasteiger partial charge on any atom is -0.478 e. The summed E-state index contributed by atoms with van der Waals surface area (Å²) in [6, 6.07) is 10.9. The minimum atomic E-state index is -1.05. The van der Waals surface area contributed by atoms with Crippen molar-refractivity contribution in [3.05, 3.63) is 59.9 Å². The predicted molar refractivity (Wildman–Crippen MR) is 70.0 cm³/mol. The molecule has 0 spiro atoms. The molecule has 19 heavy (non-hydrogen) atoms. The van der Waals surface area contributed by atoms with E-state index in [4.69, 9.17) is 9.84 Å². The van der Waals surface area contributed by atoms with Gasteiger partial charge in [0.1, 0.15) is 12.2 Å². The largest absolute Gasteiger partial charge is 0.478 e. The molecule has 0 amide bonds. The van der Waals surface area contributed by atoms with Crippen LogP contribution >= 0.6 is 0 Å². The smallest absolute Gasteiger partial charge is 0.339 e. The maximum atomic E-state index is 10.9. The molecule has 1 heterocycles. The van der Waals surface area contributed by atoms with E-state index in [1.165, 1.54) is 18.5 Å². The van der Waals surface area contributed by atoms with E-state index in [1.807, 2.05) is 30.3 Å². The number of carbonyl (C=O) groups is 1. The summed E-state index contributed by atoms with van der Waals surface area (Å²) in [5, 5.41) is 8.96. The van der Waals surface area contributed by atoms with Gasteiger partial charge in [0.2, 0.25) is 0 Å². The van der Waals surface area contributed by atoms with Gasteiger partial charge in [0, 0.05) is 11.8 Å². The molecule has 94 valence electrons. The third kappa shape index (κ3) is 3.58. The molecule has 1 aromatic carbocycles. The number of carboxylic acids is 1. The van der Waals surface area contributed by atoms with Crippen molar-refractivity contribution in [3.8, 4) is 17.6 Å². The van der Waals surface area contributed by atoms with Crippen LogP contribution in [0.2, 0.25) is 0 Å². The molecule has 4 heteroatoms. The number of hydrogen-bond donors (Lipinski definition) is 1. The summed E-state index contributed by atoms with van der Waals surface area (Å²) in [4.78, 5) is 14.8. The third-order valence-corrected chi connectivity index (χ3v) is 2.32. The lowest BCUT2D eigenvalue weighted by atomic mass is 10.2. The van der Waals surface area contributed by atoms with Gasteiger partial charge in [-0.3, -0.25) is 4.98 Å². The van der Waals surface area contributed by atoms with Crippen LogP contribution in [-0.2, 0) is 0 Å². The molecular weight excluding hydrogens is 242 g/mol. The molecule has 0 aliphatic rings. The highest BCUT2D eigenvalue weighted by Gasteiger charge is 2.09. The fourth-order valence-electron chi connectivity index (χ4n) is 1.45. The van der Waals surface area contributed by atoms with Gasteiger partial charge in [0.05, 0.1) is 6.20 Å². The van der Waals surface area contributed by atoms with Crippen molar-refractivity contribution in [2.45, 2.75) is 0 Å². The van der Waals surface area contributed by atoms with Gasteiger partial charge < -0.3 is 9.84 Å². The fourth-order valence-corrected chi connectivity index (χ4v) is 1.45. The summed E-state index contributed by atoms with van der Waals surface area (Å²) in [5.74, 6) is 4.92. The van der Waals surface area contributed by atoms with Crippen LogP contribution in [0.15, 0.2) is 48.8 Å². The van der Waals surface area contributed by atoms with Gasteiger partial charge in [0.25, 0.3) is 0 Å². The van der Waals surface area contributed by atoms with Crippen LogP contribution in [0.1, 0.15) is 15.9 Å². The maximum absolute atomic E-state index is 10.9. The Balaban J connectivity index is 2.01. The molecule has 0 saturated carbocycles. The first kappa shape index (κ1) is 12.7. The highest BCUT2D eigenvalue weighted by molar-refractivity contribution is 5.90. The van der Waals surface area contributed by atoms with E-state index in [1.54, 1.807) is 0 Å². The van der Waals surface area contributed by atoms with Gasteiger partial charge in [-0.05, 0) is 18.2 Å². The number of nitrogens with zero attached hydrogens (tertiary/aromatic N) is 1. The summed E-state index contributed by atoms with van der Waals surface area (Å²) >= 11 is 0. The zero-order valence-corrected chi connectivity index (χ0v) is 10.0. The van der Waals surface area contributed by atoms with E-state index >= 15 is 0 Å². The van der Waals surface area contributed by atoms with E-state index in [2.05, 4.69) is 16.8 Å². The Bertz CT molecular complexity index is 627. The molecule has 1 N–H and O–H groups in total. The molecule has 0 aliphatic heterocycles. The molecule has 2 rings (SSSR count). The van der Waals surface area contributed by atoms with E-state index in [-0.39, 0.29) is 17.9 Å². The summed E-state index contributed by atoms with van der Waals surface area (Å²) in [6.45, 7) is 0.112. The van der Waals surface area contributed by atoms with Crippen LogP contribution in [-0.4, -0.2) is 22.7 Å². The fraction of sp³-hybridized carbons (Fsp3) is 0.0667. The average molecular weight is 253 g/mol. The number of rotatable bonds is 3. The molecule has 0 radical (unpaired) electrons. The number of aromatic carboxylic acids is 1. The molecular formula is C15H11NO3. The van der Waals surface area contributed by atoms with Crippen LogP contribution in [0.4, 0.5) is 0 Å². The zero-order valence-electron chi connectivity index (χ0n) is 10.0. The van der Waals surface area contributed by atoms with Crippen molar-refractivity contribution in [2.75, 3.05) is 6.61 Å². The lowest BCUT2D eigenvalue weighted by Crippen LogP contribution is -2.03. The Morgan fingerprint density at radius 1 is 1.26 bits per heavy atom. The number of aromatic nitrogens is 1. The van der Waals surface area contributed by atoms with Gasteiger partial charge in [-0.25, -0.2) is 4.79 Å². The summed E-state index contributed by atoms with van der Waals surface area (Å²) in [7, 11) is 0. The molecule has 2 aromatic rings. The molecule has 4 nitrogen and oxygen atoms in total. The van der Waals surface area contributed by atoms with Crippen LogP contribution in [0.25, 0.3) is 0 Å². The van der Waals surface area contributed by atoms with Gasteiger partial charge in [0.15, 0.2) is 5.75 Å². The van der Waals surface area contributed by atoms with Gasteiger partial charge in [-0.1, -0.05) is 30.0 Å². The standard InChI is InChI=1S/C15H11NO3/c17-15(18)13-8-9-16-11-14(13)19-10-4-7-12-5-2-1-3-6-12/h1-3,5-6,8-9,11H,10H2,(H,17,18). The van der Waals surface area contributed by atoms with Gasteiger partial charge >= 0.3 is 5.97 Å². The Labute approximate surface area is 110 Å². The lowest BCUT2D eigenvalue weighted by Gasteiger charge is -2.04. The molecule has 0 unspecified atom stereocenters. The second-order valence-corrected chi connectivity index (χ2v) is 3.63. The Hall–Kier alpha value is -2.80. The quantitative estimate of drug-likeness (QED) is 0.852. The number of pyridine rings is 1. The SMILES string of the molecule is O=C(O)c1ccncc1OCC#Cc1ccccc1. The second-order valence-electron chi connectivity index (χ2n) is 3.63. The van der Waals surface area contributed by atoms with Gasteiger partial charge in [-0.2, -0.15) is 0 Å². The zero-order chi connectivity index (χ0) is 13.5. The van der Waals surface area contributed by atoms with Crippen molar-refractivity contribution in [2.24, 2.45) is 0 Å². The van der Waals surface area contributed by atoms with E-state index < -0.39 is 5.97 Å². The molecule has 0 fully saturated rings. The number of carboxylic acid groups (broad SMARTS) is 1. The molecule has 0 aliphatic carbocycles. The van der Waals surface area contributed by atoms with Crippen LogP contribution in [0, 0.1) is 11.8 Å². The monoisotopic (exact) mass is 253 g/mol. The Morgan fingerprint density at radius 3 is 2.79 bits per heavy atom. The van der Waals surface area contributed by atoms with Crippen molar-refractivity contribution < 1.29 is 14.6 Å². The highest BCUT2D eigenvalue weighted by atomic mass is 16.5. The van der Waals surface area contributed by atoms with Gasteiger partial charge in [-0.15, -0.1) is 0 Å². The summed E-state index contributed by atoms with van der Waals surface area (Å²) in [6.07, 6.45) is 2.78. The molecule has 0 bridgehead atoms. The van der Waals surface area contributed by atoms with Crippen molar-refractivity contribution in [1.29, 1.82) is 0 Å². The molecule has 0 atom stereocenters. The topological polar surface area (TPSA) is 59.4 Å². The number of benzene rings is 1. The second kappa shape index (κ2) is 6.22. The molecule has 1 aromatic heterocycles. The van der Waals surface area contributed by atoms with Crippen LogP contribution in [0.3, 0.4) is 0 Å². The summed E-state index contributed by atoms with van der Waals surface area (Å²) < 4.78 is 5.30. The number of ether oxygens (including phenoxy) is 1. The predicted octanol–water partition coefficient (Wildman–Crippen LogP) is 2.21. The highest BCUT2D eigenvalue weighted by Crippen LogP contribution is 2.15. The first-order chi connectivity index (χ1) is 9.27. The normalized spacial score (nSPS) is 9.26. The first-order valence-corrected chi connectivity index (χ1v) is 5.61. The van der Waals surface area contributed by atoms with E-state index in [9.17, 15) is 4.79 Å². The van der Waals surface area contributed by atoms with Crippen molar-refractivity contribution in [1.82, 2.24) is 4.98 Å². The van der Waals surface area contributed by atoms with Crippen LogP contribution in [0.5, 0.6) is 5.75 Å². The van der Waals surface area contributed by atoms with Crippen molar-refractivity contribution in [3.63, 3.8) is 0 Å². The van der Waals surface area contributed by atoms with E-state index in [0.717, 1.165) is 5.56 Å². The Kier molecular flexibility index (Phi) is 4.14. The maximum Gasteiger partial charge on any atom is 0.339 e. The van der Waals surface area contributed by atoms with Crippen molar-refractivity contribution >= 4 is 5.97 Å². The summed E-state index contributed by atoms with van der Waals surface area (Å²) in [5.41, 5.74) is 0.965. The lowest BCUT2D eigenvalue weighted by molar-refractivity contribution is 0.0692. The first-order valence-electron chi connectivity index (χ1n) is 5.61. The minimum absolute atomic E-state index is 0.0801. The van der Waals surface area contributed by atoms with Crippen LogP contribution < -0.4 is 4.74 Å². The molecule has 0 saturated heterocycles. The number of hydrogen-bond acceptors (Lipinski definition) is 3. The van der Waals surface area contributed by atoms with E-state index in [0.29, 0.717) is 0 Å². The third-order valence-electron chi connectivity index (χ3n) is 2.32.